The lowest BCUT2D eigenvalue weighted by Gasteiger charge is -1.95. The third kappa shape index (κ3) is 1.31. The van der Waals surface area contributed by atoms with E-state index in [2.05, 4.69) is 12.6 Å². The Morgan fingerprint density at radius 3 is 2.92 bits per heavy atom. The van der Waals surface area contributed by atoms with Gasteiger partial charge in [0.15, 0.2) is 0 Å². The van der Waals surface area contributed by atoms with Gasteiger partial charge in [-0.1, -0.05) is 12.1 Å². The highest BCUT2D eigenvalue weighted by atomic mass is 32.1. The van der Waals surface area contributed by atoms with Crippen LogP contribution in [-0.4, -0.2) is 5.11 Å². The summed E-state index contributed by atoms with van der Waals surface area (Å²) in [4.78, 5) is 0.911. The van der Waals surface area contributed by atoms with E-state index in [4.69, 9.17) is 10.8 Å². The number of anilines is 1. The fraction of sp³-hybridized carbons (Fsp3) is 0.111. The molecule has 4 heteroatoms. The molecule has 0 amide bonds. The lowest BCUT2D eigenvalue weighted by molar-refractivity contribution is 0.284. The van der Waals surface area contributed by atoms with E-state index in [1.54, 1.807) is 0 Å². The third-order valence-corrected chi connectivity index (χ3v) is 3.62. The highest BCUT2D eigenvalue weighted by Gasteiger charge is 2.09. The lowest BCUT2D eigenvalue weighted by Crippen LogP contribution is -1.87. The van der Waals surface area contributed by atoms with E-state index >= 15 is 0 Å². The Morgan fingerprint density at radius 1 is 1.46 bits per heavy atom. The first-order chi connectivity index (χ1) is 6.24. The Bertz CT molecular complexity index is 450. The van der Waals surface area contributed by atoms with Crippen LogP contribution in [-0.2, 0) is 6.61 Å². The molecule has 0 bridgehead atoms. The lowest BCUT2D eigenvalue weighted by atomic mass is 10.2. The van der Waals surface area contributed by atoms with Crippen LogP contribution in [0.25, 0.3) is 10.1 Å². The Kier molecular flexibility index (Phi) is 2.19. The smallest absolute Gasteiger partial charge is 0.0925 e. The second-order valence-electron chi connectivity index (χ2n) is 2.76. The van der Waals surface area contributed by atoms with E-state index in [0.29, 0.717) is 5.00 Å². The molecule has 68 valence electrons. The summed E-state index contributed by atoms with van der Waals surface area (Å²) in [5.74, 6) is 0. The second-order valence-corrected chi connectivity index (χ2v) is 4.29. The Balaban J connectivity index is 2.86. The van der Waals surface area contributed by atoms with Crippen molar-refractivity contribution in [2.24, 2.45) is 0 Å². The molecule has 0 saturated carbocycles. The Morgan fingerprint density at radius 2 is 2.23 bits per heavy atom. The molecule has 0 aliphatic carbocycles. The van der Waals surface area contributed by atoms with Gasteiger partial charge in [0.2, 0.25) is 0 Å². The summed E-state index contributed by atoms with van der Waals surface area (Å²) in [5, 5.41) is 10.8. The van der Waals surface area contributed by atoms with Gasteiger partial charge >= 0.3 is 0 Å². The monoisotopic (exact) mass is 211 g/mol. The number of benzene rings is 1. The number of hydrogen-bond donors (Lipinski definition) is 3. The van der Waals surface area contributed by atoms with E-state index in [9.17, 15) is 0 Å². The van der Waals surface area contributed by atoms with E-state index in [-0.39, 0.29) is 6.61 Å². The molecule has 1 heterocycles. The van der Waals surface area contributed by atoms with Crippen LogP contribution in [0.2, 0.25) is 0 Å². The number of hydrogen-bond acceptors (Lipinski definition) is 4. The number of nitrogens with two attached hydrogens (primary N) is 1. The highest BCUT2D eigenvalue weighted by Crippen LogP contribution is 2.36. The normalized spacial score (nSPS) is 10.9. The quantitative estimate of drug-likeness (QED) is 0.634. The molecule has 0 radical (unpaired) electrons. The largest absolute Gasteiger partial charge is 0.392 e. The number of fused-ring (bicyclic) bond motifs is 1. The molecule has 2 rings (SSSR count). The molecule has 0 spiro atoms. The molecule has 1 aromatic heterocycles. The Labute approximate surface area is 85.4 Å². The van der Waals surface area contributed by atoms with Crippen molar-refractivity contribution in [3.8, 4) is 0 Å². The summed E-state index contributed by atoms with van der Waals surface area (Å²) in [6.07, 6.45) is 0. The van der Waals surface area contributed by atoms with Gasteiger partial charge in [-0.15, -0.1) is 24.0 Å². The van der Waals surface area contributed by atoms with Gasteiger partial charge < -0.3 is 10.8 Å². The third-order valence-electron chi connectivity index (χ3n) is 1.99. The number of rotatable bonds is 1. The van der Waals surface area contributed by atoms with E-state index in [1.165, 1.54) is 11.3 Å². The van der Waals surface area contributed by atoms with Gasteiger partial charge in [-0.2, -0.15) is 0 Å². The van der Waals surface area contributed by atoms with E-state index in [0.717, 1.165) is 20.5 Å². The molecule has 0 atom stereocenters. The molecule has 0 unspecified atom stereocenters. The van der Waals surface area contributed by atoms with Crippen LogP contribution >= 0.6 is 24.0 Å². The predicted octanol–water partition coefficient (Wildman–Crippen LogP) is 2.26. The SMILES string of the molecule is Nc1sc2c(S)cccc2c1CO. The van der Waals surface area contributed by atoms with E-state index in [1.807, 2.05) is 18.2 Å². The zero-order chi connectivity index (χ0) is 9.42. The summed E-state index contributed by atoms with van der Waals surface area (Å²) in [5.41, 5.74) is 6.57. The van der Waals surface area contributed by atoms with Crippen molar-refractivity contribution in [3.63, 3.8) is 0 Å². The predicted molar refractivity (Wildman–Crippen MR) is 59.4 cm³/mol. The molecule has 0 saturated heterocycles. The molecule has 13 heavy (non-hydrogen) atoms. The van der Waals surface area contributed by atoms with Crippen molar-refractivity contribution in [2.75, 3.05) is 5.73 Å². The van der Waals surface area contributed by atoms with Crippen LogP contribution in [0.5, 0.6) is 0 Å². The van der Waals surface area contributed by atoms with Crippen molar-refractivity contribution >= 4 is 39.1 Å². The van der Waals surface area contributed by atoms with Crippen molar-refractivity contribution in [1.29, 1.82) is 0 Å². The van der Waals surface area contributed by atoms with E-state index < -0.39 is 0 Å². The fourth-order valence-corrected chi connectivity index (χ4v) is 2.67. The maximum atomic E-state index is 9.10. The van der Waals surface area contributed by atoms with Crippen molar-refractivity contribution < 1.29 is 5.11 Å². The van der Waals surface area contributed by atoms with Crippen LogP contribution < -0.4 is 5.73 Å². The molecule has 2 nitrogen and oxygen atoms in total. The summed E-state index contributed by atoms with van der Waals surface area (Å²) >= 11 is 5.79. The minimum absolute atomic E-state index is 0.0108. The van der Waals surface area contributed by atoms with Crippen LogP contribution in [0, 0.1) is 0 Å². The number of thiol groups is 1. The molecule has 2 aromatic rings. The zero-order valence-corrected chi connectivity index (χ0v) is 8.53. The molecule has 0 fully saturated rings. The number of nitrogen functional groups attached to an aromatic ring is 1. The molecule has 3 N–H and O–H groups in total. The summed E-state index contributed by atoms with van der Waals surface area (Å²) in [6, 6.07) is 5.78. The summed E-state index contributed by atoms with van der Waals surface area (Å²) < 4.78 is 1.05. The first-order valence-electron chi connectivity index (χ1n) is 3.83. The average Bonchev–Trinajstić information content (AvgIpc) is 2.43. The minimum atomic E-state index is -0.0108. The Hall–Kier alpha value is -0.710. The van der Waals surface area contributed by atoms with Crippen molar-refractivity contribution in [2.45, 2.75) is 11.5 Å². The number of aliphatic hydroxyl groups is 1. The first-order valence-corrected chi connectivity index (χ1v) is 5.10. The van der Waals surface area contributed by atoms with Crippen LogP contribution in [0.3, 0.4) is 0 Å². The fourth-order valence-electron chi connectivity index (χ4n) is 1.34. The maximum absolute atomic E-state index is 9.10. The standard InChI is InChI=1S/C9H9NOS2/c10-9-6(4-11)5-2-1-3-7(12)8(5)13-9/h1-3,11-12H,4,10H2. The van der Waals surface area contributed by atoms with Crippen molar-refractivity contribution in [1.82, 2.24) is 0 Å². The van der Waals surface area contributed by atoms with Gasteiger partial charge in [0.05, 0.1) is 16.3 Å². The number of thiophene rings is 1. The second kappa shape index (κ2) is 3.21. The zero-order valence-electron chi connectivity index (χ0n) is 6.82. The molecule has 0 aliphatic rings. The van der Waals surface area contributed by atoms with Gasteiger partial charge in [0, 0.05) is 15.8 Å². The van der Waals surface area contributed by atoms with Crippen LogP contribution in [0.15, 0.2) is 23.1 Å². The molecular weight excluding hydrogens is 202 g/mol. The molecular formula is C9H9NOS2. The number of aliphatic hydroxyl groups excluding tert-OH is 1. The minimum Gasteiger partial charge on any atom is -0.392 e. The van der Waals surface area contributed by atoms with Crippen LogP contribution in [0.1, 0.15) is 5.56 Å². The van der Waals surface area contributed by atoms with Gasteiger partial charge in [0.25, 0.3) is 0 Å². The van der Waals surface area contributed by atoms with Crippen molar-refractivity contribution in [3.05, 3.63) is 23.8 Å². The first kappa shape index (κ1) is 8.87. The highest BCUT2D eigenvalue weighted by molar-refractivity contribution is 7.80. The van der Waals surface area contributed by atoms with Gasteiger partial charge in [-0.3, -0.25) is 0 Å². The molecule has 1 aromatic carbocycles. The van der Waals surface area contributed by atoms with Gasteiger partial charge in [0.1, 0.15) is 0 Å². The average molecular weight is 211 g/mol. The van der Waals surface area contributed by atoms with Gasteiger partial charge in [-0.25, -0.2) is 0 Å². The molecule has 0 aliphatic heterocycles. The maximum Gasteiger partial charge on any atom is 0.0925 e. The topological polar surface area (TPSA) is 46.2 Å². The summed E-state index contributed by atoms with van der Waals surface area (Å²) in [7, 11) is 0. The van der Waals surface area contributed by atoms with Gasteiger partial charge in [-0.05, 0) is 6.07 Å². The summed E-state index contributed by atoms with van der Waals surface area (Å²) in [6.45, 7) is -0.0108. The van der Waals surface area contributed by atoms with Crippen LogP contribution in [0.4, 0.5) is 5.00 Å².